The quantitative estimate of drug-likeness (QED) is 0.190. The fourth-order valence-electron chi connectivity index (χ4n) is 6.62. The molecule has 0 aliphatic carbocycles. The number of aromatic nitrogens is 2. The Balaban J connectivity index is 1.23. The van der Waals surface area contributed by atoms with E-state index in [1.807, 2.05) is 75.4 Å². The molecule has 4 heterocycles. The Labute approximate surface area is 302 Å². The third-order valence-corrected chi connectivity index (χ3v) is 9.76. The van der Waals surface area contributed by atoms with Crippen LogP contribution in [-0.4, -0.2) is 78.3 Å². The Morgan fingerprint density at radius 3 is 2.38 bits per heavy atom. The lowest BCUT2D eigenvalue weighted by Gasteiger charge is -2.47. The maximum atomic E-state index is 12.5. The smallest absolute Gasteiger partial charge is 0.410 e. The van der Waals surface area contributed by atoms with Crippen molar-refractivity contribution >= 4 is 35.2 Å². The van der Waals surface area contributed by atoms with E-state index in [-0.39, 0.29) is 17.9 Å². The van der Waals surface area contributed by atoms with Gasteiger partial charge in [0.2, 0.25) is 11.8 Å². The summed E-state index contributed by atoms with van der Waals surface area (Å²) in [7, 11) is 4.86. The number of nitrogens with one attached hydrogen (secondary N) is 1. The molecule has 0 atom stereocenters. The van der Waals surface area contributed by atoms with Crippen LogP contribution in [0.15, 0.2) is 60.8 Å². The molecule has 0 saturated carbocycles. The topological polar surface area (TPSA) is 106 Å². The summed E-state index contributed by atoms with van der Waals surface area (Å²) >= 11 is 14.2. The number of likely N-dealkylation sites (tertiary alicyclic amines) is 1. The first kappa shape index (κ1) is 35.4. The molecule has 2 aliphatic heterocycles. The molecule has 0 unspecified atom stereocenters. The van der Waals surface area contributed by atoms with Gasteiger partial charge < -0.3 is 24.4 Å². The number of carbonyl (C=O) groups is 2. The third kappa shape index (κ3) is 7.38. The van der Waals surface area contributed by atoms with Crippen molar-refractivity contribution in [2.45, 2.75) is 45.9 Å². The van der Waals surface area contributed by atoms with Crippen LogP contribution in [0.3, 0.4) is 0 Å². The zero-order chi connectivity index (χ0) is 35.8. The van der Waals surface area contributed by atoms with Crippen LogP contribution in [0.5, 0.6) is 11.6 Å². The molecule has 6 rings (SSSR count). The van der Waals surface area contributed by atoms with E-state index < -0.39 is 11.7 Å². The van der Waals surface area contributed by atoms with Gasteiger partial charge in [0.25, 0.3) is 0 Å². The average molecular weight is 719 g/mol. The van der Waals surface area contributed by atoms with Crippen molar-refractivity contribution in [3.63, 3.8) is 0 Å². The molecule has 2 aromatic carbocycles. The summed E-state index contributed by atoms with van der Waals surface area (Å²) in [5.74, 6) is 1.26. The maximum absolute atomic E-state index is 12.5. The van der Waals surface area contributed by atoms with Gasteiger partial charge in [0.05, 0.1) is 42.2 Å². The second-order valence-electron chi connectivity index (χ2n) is 14.0. The number of pyridine rings is 2. The molecule has 1 spiro atoms. The zero-order valence-electron chi connectivity index (χ0n) is 29.1. The molecular weight excluding hydrogens is 677 g/mol. The van der Waals surface area contributed by atoms with Crippen LogP contribution < -0.4 is 14.8 Å². The zero-order valence-corrected chi connectivity index (χ0v) is 30.6. The molecule has 0 radical (unpaired) electrons. The lowest BCUT2D eigenvalue weighted by Crippen LogP contribution is -2.56. The van der Waals surface area contributed by atoms with Gasteiger partial charge in [-0.3, -0.25) is 14.7 Å². The minimum absolute atomic E-state index is 0.0621. The molecule has 1 N–H and O–H groups in total. The minimum Gasteiger partial charge on any atom is -0.496 e. The van der Waals surface area contributed by atoms with Crippen molar-refractivity contribution < 1.29 is 23.8 Å². The summed E-state index contributed by atoms with van der Waals surface area (Å²) < 4.78 is 16.9. The van der Waals surface area contributed by atoms with Crippen LogP contribution in [0, 0.1) is 5.41 Å². The molecule has 10 nitrogen and oxygen atoms in total. The van der Waals surface area contributed by atoms with Crippen LogP contribution >= 0.6 is 23.2 Å². The number of amides is 2. The van der Waals surface area contributed by atoms with E-state index in [0.717, 1.165) is 59.7 Å². The van der Waals surface area contributed by atoms with Crippen LogP contribution in [0.2, 0.25) is 10.0 Å². The molecule has 4 aromatic rings. The van der Waals surface area contributed by atoms with Crippen molar-refractivity contribution in [1.29, 1.82) is 0 Å². The van der Waals surface area contributed by atoms with E-state index in [1.165, 1.54) is 4.90 Å². The Hall–Kier alpha value is -4.38. The molecule has 2 aromatic heterocycles. The van der Waals surface area contributed by atoms with Gasteiger partial charge in [-0.15, -0.1) is 0 Å². The number of rotatable bonds is 9. The van der Waals surface area contributed by atoms with Gasteiger partial charge >= 0.3 is 6.09 Å². The monoisotopic (exact) mass is 717 g/mol. The number of hydrogen-bond donors (Lipinski definition) is 1. The number of halogens is 2. The predicted molar refractivity (Wildman–Crippen MR) is 195 cm³/mol. The first-order valence-electron chi connectivity index (χ1n) is 16.4. The van der Waals surface area contributed by atoms with E-state index in [0.29, 0.717) is 39.3 Å². The number of nitrogens with zero attached hydrogens (tertiary/aromatic N) is 4. The number of hydrogen-bond acceptors (Lipinski definition) is 8. The fraction of sp³-hybridized carbons (Fsp3) is 0.368. The summed E-state index contributed by atoms with van der Waals surface area (Å²) in [4.78, 5) is 37.5. The second kappa shape index (κ2) is 14.1. The first-order valence-corrected chi connectivity index (χ1v) is 17.1. The van der Waals surface area contributed by atoms with Gasteiger partial charge in [-0.05, 0) is 45.0 Å². The lowest BCUT2D eigenvalue weighted by molar-refractivity contribution is -0.120. The SMILES string of the molecule is COc1cc(-c2nccc(-c3cccc(-c4ccc(CN(C)C(=O)OC(C)(C)C)c(OC)n4)c3Cl)c2Cl)ccc1CN1CC2(CNC(=O)C2)C1. The van der Waals surface area contributed by atoms with Crippen molar-refractivity contribution in [2.24, 2.45) is 5.41 Å². The number of carbonyl (C=O) groups excluding carboxylic acids is 2. The van der Waals surface area contributed by atoms with E-state index in [4.69, 9.17) is 42.4 Å². The summed E-state index contributed by atoms with van der Waals surface area (Å²) in [6.07, 6.45) is 1.87. The molecule has 2 saturated heterocycles. The van der Waals surface area contributed by atoms with Gasteiger partial charge in [-0.2, -0.15) is 0 Å². The summed E-state index contributed by atoms with van der Waals surface area (Å²) in [6, 6.07) is 17.3. The molecular formula is C38H41Cl2N5O5. The third-order valence-electron chi connectivity index (χ3n) is 8.97. The number of benzene rings is 2. The van der Waals surface area contributed by atoms with Gasteiger partial charge in [0, 0.05) is 84.6 Å². The van der Waals surface area contributed by atoms with Crippen LogP contribution in [-0.2, 0) is 22.6 Å². The highest BCUT2D eigenvalue weighted by atomic mass is 35.5. The van der Waals surface area contributed by atoms with Crippen LogP contribution in [0.25, 0.3) is 33.6 Å². The maximum Gasteiger partial charge on any atom is 0.410 e. The van der Waals surface area contributed by atoms with Crippen LogP contribution in [0.4, 0.5) is 4.79 Å². The van der Waals surface area contributed by atoms with E-state index in [2.05, 4.69) is 15.2 Å². The molecule has 2 aliphatic rings. The van der Waals surface area contributed by atoms with Crippen molar-refractivity contribution in [2.75, 3.05) is 40.9 Å². The Kier molecular flexibility index (Phi) is 9.99. The fourth-order valence-corrected chi connectivity index (χ4v) is 7.27. The first-order chi connectivity index (χ1) is 23.8. The van der Waals surface area contributed by atoms with E-state index >= 15 is 0 Å². The van der Waals surface area contributed by atoms with Crippen molar-refractivity contribution in [3.8, 4) is 45.3 Å². The molecule has 2 fully saturated rings. The Bertz CT molecular complexity index is 1940. The van der Waals surface area contributed by atoms with Gasteiger partial charge in [0.1, 0.15) is 11.4 Å². The Morgan fingerprint density at radius 1 is 0.980 bits per heavy atom. The highest BCUT2D eigenvalue weighted by molar-refractivity contribution is 6.39. The summed E-state index contributed by atoms with van der Waals surface area (Å²) in [6.45, 7) is 8.96. The summed E-state index contributed by atoms with van der Waals surface area (Å²) in [5, 5.41) is 3.89. The second-order valence-corrected chi connectivity index (χ2v) is 14.8. The minimum atomic E-state index is -0.606. The standard InChI is InChI=1S/C38H41Cl2N5O5/c1-37(2,3)50-36(47)44(4)18-25-12-13-29(43-35(25)49-6)28-9-7-8-26(32(28)39)27-14-15-41-34(33(27)40)23-10-11-24(30(16-23)48-5)19-45-21-38(22-45)17-31(46)42-20-38/h7-16H,17-22H2,1-6H3,(H,42,46). The highest BCUT2D eigenvalue weighted by Gasteiger charge is 2.47. The molecule has 262 valence electrons. The van der Waals surface area contributed by atoms with Gasteiger partial charge in [-0.25, -0.2) is 9.78 Å². The van der Waals surface area contributed by atoms with Gasteiger partial charge in [-0.1, -0.05) is 53.5 Å². The van der Waals surface area contributed by atoms with Crippen molar-refractivity contribution in [1.82, 2.24) is 25.1 Å². The molecule has 0 bridgehead atoms. The number of methoxy groups -OCH3 is 2. The normalized spacial score (nSPS) is 15.4. The number of ether oxygens (including phenoxy) is 3. The molecule has 12 heteroatoms. The predicted octanol–water partition coefficient (Wildman–Crippen LogP) is 7.49. The average Bonchev–Trinajstić information content (AvgIpc) is 3.46. The lowest BCUT2D eigenvalue weighted by atomic mass is 9.79. The van der Waals surface area contributed by atoms with Gasteiger partial charge in [0.15, 0.2) is 0 Å². The van der Waals surface area contributed by atoms with E-state index in [1.54, 1.807) is 27.5 Å². The highest BCUT2D eigenvalue weighted by Crippen LogP contribution is 2.43. The Morgan fingerprint density at radius 2 is 1.70 bits per heavy atom. The largest absolute Gasteiger partial charge is 0.496 e. The van der Waals surface area contributed by atoms with E-state index in [9.17, 15) is 9.59 Å². The molecule has 50 heavy (non-hydrogen) atoms. The molecule has 2 amide bonds. The van der Waals surface area contributed by atoms with Crippen molar-refractivity contribution in [3.05, 3.63) is 82.0 Å². The summed E-state index contributed by atoms with van der Waals surface area (Å²) in [5.41, 5.74) is 5.39. The van der Waals surface area contributed by atoms with Crippen LogP contribution in [0.1, 0.15) is 38.3 Å².